The molecule has 0 radical (unpaired) electrons. The average molecular weight is 175 g/mol. The largest absolute Gasteiger partial charge is 0.0620 e. The van der Waals surface area contributed by atoms with Crippen LogP contribution in [0.15, 0.2) is 24.3 Å². The second-order valence-corrected chi connectivity index (χ2v) is 3.98. The van der Waals surface area contributed by atoms with E-state index in [-0.39, 0.29) is 5.89 Å². The Morgan fingerprint density at radius 2 is 1.85 bits per heavy atom. The predicted octanol–water partition coefficient (Wildman–Crippen LogP) is 4.04. The monoisotopic (exact) mass is 175 g/mol. The van der Waals surface area contributed by atoms with Gasteiger partial charge in [0.2, 0.25) is 0 Å². The maximum Gasteiger partial charge on any atom is 0.0352 e. The van der Waals surface area contributed by atoms with E-state index < -0.39 is 0 Å². The van der Waals surface area contributed by atoms with Crippen LogP contribution in [0.1, 0.15) is 50.5 Å². The smallest absolute Gasteiger partial charge is 0.0352 e. The quantitative estimate of drug-likeness (QED) is 0.604. The first kappa shape index (κ1) is 7.61. The molecule has 1 saturated carbocycles. The van der Waals surface area contributed by atoms with Gasteiger partial charge in [0.05, 0.1) is 0 Å². The number of rotatable bonds is 1. The van der Waals surface area contributed by atoms with E-state index in [9.17, 15) is 0 Å². The van der Waals surface area contributed by atoms with Crippen molar-refractivity contribution in [2.75, 3.05) is 0 Å². The van der Waals surface area contributed by atoms with Crippen LogP contribution in [0, 0.1) is 6.92 Å². The van der Waals surface area contributed by atoms with Gasteiger partial charge in [-0.3, -0.25) is 0 Å². The van der Waals surface area contributed by atoms with Crippen molar-refractivity contribution < 1.29 is 1.37 Å². The molecular formula is C13H18. The van der Waals surface area contributed by atoms with Crippen LogP contribution in [0.5, 0.6) is 0 Å². The molecule has 1 aliphatic carbocycles. The molecule has 0 atom stereocenters. The fourth-order valence-electron chi connectivity index (χ4n) is 2.22. The molecule has 0 saturated heterocycles. The first-order valence-electron chi connectivity index (χ1n) is 5.78. The van der Waals surface area contributed by atoms with Gasteiger partial charge in [-0.2, -0.15) is 0 Å². The molecule has 0 aromatic heterocycles. The summed E-state index contributed by atoms with van der Waals surface area (Å²) < 4.78 is 8.50. The summed E-state index contributed by atoms with van der Waals surface area (Å²) in [6, 6.07) is 8.38. The van der Waals surface area contributed by atoms with E-state index in [4.69, 9.17) is 1.37 Å². The van der Waals surface area contributed by atoms with Gasteiger partial charge in [-0.1, -0.05) is 43.5 Å². The van der Waals surface area contributed by atoms with E-state index in [0.29, 0.717) is 0 Å². The number of hydrogen-bond acceptors (Lipinski definition) is 0. The van der Waals surface area contributed by atoms with E-state index in [0.717, 1.165) is 12.8 Å². The van der Waals surface area contributed by atoms with E-state index in [1.54, 1.807) is 0 Å². The highest BCUT2D eigenvalue weighted by Gasteiger charge is 2.16. The highest BCUT2D eigenvalue weighted by molar-refractivity contribution is 5.29. The highest BCUT2D eigenvalue weighted by Crippen LogP contribution is 2.33. The molecule has 0 amide bonds. The zero-order valence-electron chi connectivity index (χ0n) is 9.34. The van der Waals surface area contributed by atoms with Crippen LogP contribution >= 0.6 is 0 Å². The lowest BCUT2D eigenvalue weighted by Crippen LogP contribution is -2.05. The van der Waals surface area contributed by atoms with Crippen molar-refractivity contribution in [3.05, 3.63) is 35.4 Å². The van der Waals surface area contributed by atoms with Crippen molar-refractivity contribution in [3.63, 3.8) is 0 Å². The van der Waals surface area contributed by atoms with E-state index in [1.165, 1.54) is 30.4 Å². The lowest BCUT2D eigenvalue weighted by atomic mass is 9.82. The maximum absolute atomic E-state index is 8.50. The summed E-state index contributed by atoms with van der Waals surface area (Å²) in [6.45, 7) is 2.13. The van der Waals surface area contributed by atoms with E-state index in [1.807, 2.05) is 0 Å². The van der Waals surface area contributed by atoms with Crippen molar-refractivity contribution in [3.8, 4) is 0 Å². The van der Waals surface area contributed by atoms with Crippen LogP contribution < -0.4 is 0 Å². The molecule has 0 bridgehead atoms. The summed E-state index contributed by atoms with van der Waals surface area (Å²) in [6.07, 6.45) is 5.83. The van der Waals surface area contributed by atoms with Crippen LogP contribution in [0.25, 0.3) is 0 Å². The Hall–Kier alpha value is -0.780. The Kier molecular flexibility index (Phi) is 2.31. The molecule has 0 nitrogen and oxygen atoms in total. The molecule has 0 spiro atoms. The number of hydrogen-bond donors (Lipinski definition) is 0. The van der Waals surface area contributed by atoms with Gasteiger partial charge in [-0.05, 0) is 36.8 Å². The summed E-state index contributed by atoms with van der Waals surface area (Å²) in [5.41, 5.74) is 2.53. The minimum absolute atomic E-state index is 0.288. The Morgan fingerprint density at radius 1 is 1.15 bits per heavy atom. The van der Waals surface area contributed by atoms with Gasteiger partial charge in [0, 0.05) is 1.37 Å². The van der Waals surface area contributed by atoms with E-state index in [2.05, 4.69) is 31.2 Å². The molecule has 2 rings (SSSR count). The Balaban J connectivity index is 2.32. The minimum atomic E-state index is -0.288. The highest BCUT2D eigenvalue weighted by atomic mass is 14.2. The second-order valence-electron chi connectivity index (χ2n) is 3.98. The molecule has 1 aromatic carbocycles. The molecular weight excluding hydrogens is 156 g/mol. The standard InChI is InChI=1S/C13H18/c1-11-7-5-6-10-13(11)12-8-3-2-4-9-12/h5-7,10,12H,2-4,8-9H2,1H3/i12D. The van der Waals surface area contributed by atoms with Crippen LogP contribution in [0.4, 0.5) is 0 Å². The molecule has 1 aromatic rings. The third-order valence-electron chi connectivity index (χ3n) is 2.98. The topological polar surface area (TPSA) is 0 Å². The molecule has 0 N–H and O–H groups in total. The van der Waals surface area contributed by atoms with E-state index >= 15 is 0 Å². The maximum atomic E-state index is 8.50. The van der Waals surface area contributed by atoms with Crippen LogP contribution in [0.3, 0.4) is 0 Å². The fraction of sp³-hybridized carbons (Fsp3) is 0.538. The summed E-state index contributed by atoms with van der Waals surface area (Å²) in [5, 5.41) is 0. The first-order valence-corrected chi connectivity index (χ1v) is 5.28. The van der Waals surface area contributed by atoms with Crippen LogP contribution in [0.2, 0.25) is 0 Å². The summed E-state index contributed by atoms with van der Waals surface area (Å²) >= 11 is 0. The fourth-order valence-corrected chi connectivity index (χ4v) is 2.22. The van der Waals surface area contributed by atoms with Gasteiger partial charge < -0.3 is 0 Å². The predicted molar refractivity (Wildman–Crippen MR) is 57.0 cm³/mol. The van der Waals surface area contributed by atoms with Gasteiger partial charge in [0.25, 0.3) is 0 Å². The number of benzene rings is 1. The SMILES string of the molecule is [2H]C1(c2ccccc2C)CCCCC1. The van der Waals surface area contributed by atoms with Crippen LogP contribution in [-0.4, -0.2) is 0 Å². The summed E-state index contributed by atoms with van der Waals surface area (Å²) in [4.78, 5) is 0. The molecule has 0 heterocycles. The van der Waals surface area contributed by atoms with Crippen molar-refractivity contribution in [1.29, 1.82) is 0 Å². The van der Waals surface area contributed by atoms with Crippen molar-refractivity contribution in [1.82, 2.24) is 0 Å². The lowest BCUT2D eigenvalue weighted by Gasteiger charge is -2.23. The molecule has 1 fully saturated rings. The van der Waals surface area contributed by atoms with Gasteiger partial charge >= 0.3 is 0 Å². The minimum Gasteiger partial charge on any atom is -0.0620 e. The zero-order chi connectivity index (χ0) is 10.0. The third-order valence-corrected chi connectivity index (χ3v) is 2.98. The molecule has 13 heavy (non-hydrogen) atoms. The molecule has 70 valence electrons. The average Bonchev–Trinajstić information content (AvgIpc) is 2.19. The molecule has 0 aliphatic heterocycles. The van der Waals surface area contributed by atoms with Crippen LogP contribution in [-0.2, 0) is 0 Å². The van der Waals surface area contributed by atoms with Crippen molar-refractivity contribution in [2.24, 2.45) is 0 Å². The Morgan fingerprint density at radius 3 is 2.54 bits per heavy atom. The molecule has 0 heteroatoms. The molecule has 0 unspecified atom stereocenters. The third kappa shape index (κ3) is 1.93. The van der Waals surface area contributed by atoms with Gasteiger partial charge in [0.15, 0.2) is 0 Å². The first-order chi connectivity index (χ1) is 6.72. The lowest BCUT2D eigenvalue weighted by molar-refractivity contribution is 0.442. The normalized spacial score (nSPS) is 22.4. The summed E-state index contributed by atoms with van der Waals surface area (Å²) in [5.74, 6) is -0.288. The summed E-state index contributed by atoms with van der Waals surface area (Å²) in [7, 11) is 0. The van der Waals surface area contributed by atoms with Gasteiger partial charge in [-0.15, -0.1) is 0 Å². The molecule has 1 aliphatic rings. The van der Waals surface area contributed by atoms with Gasteiger partial charge in [-0.25, -0.2) is 0 Å². The van der Waals surface area contributed by atoms with Crippen molar-refractivity contribution in [2.45, 2.75) is 44.9 Å². The zero-order valence-corrected chi connectivity index (χ0v) is 8.34. The number of aryl methyl sites for hydroxylation is 1. The Labute approximate surface area is 82.4 Å². The van der Waals surface area contributed by atoms with Crippen molar-refractivity contribution >= 4 is 0 Å². The van der Waals surface area contributed by atoms with Gasteiger partial charge in [0.1, 0.15) is 0 Å². The second kappa shape index (κ2) is 3.95. The Bertz CT molecular complexity index is 311.